The molecule has 0 saturated heterocycles. The first-order valence-electron chi connectivity index (χ1n) is 5.97. The van der Waals surface area contributed by atoms with Crippen LogP contribution in [0.5, 0.6) is 0 Å². The van der Waals surface area contributed by atoms with Gasteiger partial charge in [-0.3, -0.25) is 9.55 Å². The van der Waals surface area contributed by atoms with Gasteiger partial charge in [-0.2, -0.15) is 8.78 Å². The summed E-state index contributed by atoms with van der Waals surface area (Å²) in [6.45, 7) is 0. The zero-order valence-corrected chi connectivity index (χ0v) is 20.3. The molecule has 0 atom stereocenters. The number of nitrogens with zero attached hydrogens (tertiary/aromatic N) is 1. The van der Waals surface area contributed by atoms with Crippen LogP contribution in [0.25, 0.3) is 0 Å². The number of alkyl halides is 2. The van der Waals surface area contributed by atoms with Crippen LogP contribution in [-0.2, 0) is 16.0 Å². The number of pyridine rings is 1. The van der Waals surface area contributed by atoms with Crippen molar-refractivity contribution < 1.29 is 85.1 Å². The Kier molecular flexibility index (Phi) is 11.1. The molecule has 2 aromatic rings. The van der Waals surface area contributed by atoms with Crippen molar-refractivity contribution in [1.82, 2.24) is 4.98 Å². The minimum absolute atomic E-state index is 0. The van der Waals surface area contributed by atoms with Crippen molar-refractivity contribution in [2.75, 3.05) is 0 Å². The summed E-state index contributed by atoms with van der Waals surface area (Å²) >= 11 is 4.43. The summed E-state index contributed by atoms with van der Waals surface area (Å²) in [6.07, 6.45) is 3.34. The number of benzene rings is 1. The Balaban J connectivity index is -0.00000132. The summed E-state index contributed by atoms with van der Waals surface area (Å²) in [5.41, 5.74) is -4.21. The average Bonchev–Trinajstić information content (AvgIpc) is 2.45. The zero-order valence-electron chi connectivity index (χ0n) is 15.0. The first-order valence-corrected chi connectivity index (χ1v) is 9.36. The molecule has 0 spiro atoms. The molecule has 0 radical (unpaired) electrons. The molecule has 1 aromatic carbocycles. The Morgan fingerprint density at radius 2 is 1.96 bits per heavy atom. The van der Waals surface area contributed by atoms with Crippen molar-refractivity contribution >= 4 is 35.3 Å². The van der Waals surface area contributed by atoms with E-state index in [2.05, 4.69) is 20.9 Å². The van der Waals surface area contributed by atoms with E-state index in [1.165, 1.54) is 23.9 Å². The van der Waals surface area contributed by atoms with Gasteiger partial charge in [0.05, 0.1) is 0 Å². The molecule has 0 fully saturated rings. The van der Waals surface area contributed by atoms with E-state index >= 15 is 0 Å². The first kappa shape index (κ1) is 25.2. The van der Waals surface area contributed by atoms with Crippen LogP contribution in [0.15, 0.2) is 52.1 Å². The molecular formula is C13H13BrF2NNa2O3PS. The second-order valence-corrected chi connectivity index (χ2v) is 7.93. The van der Waals surface area contributed by atoms with Gasteiger partial charge in [0.15, 0.2) is 0 Å². The second kappa shape index (κ2) is 10.5. The number of hydrogen-bond donors (Lipinski definition) is 2. The molecule has 2 rings (SSSR count). The van der Waals surface area contributed by atoms with Gasteiger partial charge in [-0.05, 0) is 23.8 Å². The largest absolute Gasteiger partial charge is 1.00 e. The van der Waals surface area contributed by atoms with Gasteiger partial charge in [0.2, 0.25) is 0 Å². The van der Waals surface area contributed by atoms with Crippen LogP contribution in [0, 0.1) is 0 Å². The maximum atomic E-state index is 13.7. The van der Waals surface area contributed by atoms with Gasteiger partial charge in [-0.1, -0.05) is 28.1 Å². The van der Waals surface area contributed by atoms with Gasteiger partial charge in [0.25, 0.3) is 0 Å². The fourth-order valence-corrected chi connectivity index (χ4v) is 3.81. The van der Waals surface area contributed by atoms with Crippen molar-refractivity contribution in [3.8, 4) is 0 Å². The van der Waals surface area contributed by atoms with Gasteiger partial charge >= 0.3 is 72.4 Å². The molecule has 0 aliphatic carbocycles. The molecule has 0 aliphatic rings. The number of halogens is 3. The minimum Gasteiger partial charge on any atom is -1.00 e. The van der Waals surface area contributed by atoms with Gasteiger partial charge in [-0.25, -0.2) is 0 Å². The van der Waals surface area contributed by atoms with Crippen molar-refractivity contribution in [2.45, 2.75) is 16.3 Å². The summed E-state index contributed by atoms with van der Waals surface area (Å²) in [6, 6.07) is 7.56. The normalized spacial score (nSPS) is 11.4. The summed E-state index contributed by atoms with van der Waals surface area (Å²) in [7, 11) is -5.57. The first-order chi connectivity index (χ1) is 10.2. The standard InChI is InChI=1S/C13H11BrF2NO3PS.2Na.2H/c14-12-6-9(8-22-10-2-1-5-17-7-10)3-4-11(12)13(15,16)21(18,19)20;;;;/h1-7H,8H2,(H2,18,19,20);;;;/q;2*+1;2*-1. The molecule has 0 saturated carbocycles. The van der Waals surface area contributed by atoms with Crippen molar-refractivity contribution in [3.05, 3.63) is 58.3 Å². The maximum Gasteiger partial charge on any atom is 1.00 e. The van der Waals surface area contributed by atoms with Crippen LogP contribution in [-0.4, -0.2) is 14.8 Å². The SMILES string of the molecule is O=P(O)(O)C(F)(F)c1ccc(CSc2cccnc2)cc1Br.[H-].[H-].[Na+].[Na+]. The summed E-state index contributed by atoms with van der Waals surface area (Å²) in [4.78, 5) is 22.5. The van der Waals surface area contributed by atoms with E-state index in [4.69, 9.17) is 9.79 Å². The zero-order chi connectivity index (χ0) is 16.4. The summed E-state index contributed by atoms with van der Waals surface area (Å²) in [5, 5.41) is 0. The van der Waals surface area contributed by atoms with E-state index in [0.717, 1.165) is 16.5 Å². The third kappa shape index (κ3) is 6.43. The Labute approximate surface area is 198 Å². The number of rotatable bonds is 5. The third-order valence-electron chi connectivity index (χ3n) is 2.76. The number of thioether (sulfide) groups is 1. The molecule has 1 heterocycles. The van der Waals surface area contributed by atoms with Crippen molar-refractivity contribution in [3.63, 3.8) is 0 Å². The fourth-order valence-electron chi connectivity index (χ4n) is 1.65. The van der Waals surface area contributed by atoms with E-state index in [0.29, 0.717) is 5.75 Å². The monoisotopic (exact) mass is 457 g/mol. The molecule has 24 heavy (non-hydrogen) atoms. The second-order valence-electron chi connectivity index (χ2n) is 4.38. The number of aromatic nitrogens is 1. The van der Waals surface area contributed by atoms with Crippen LogP contribution >= 0.6 is 35.3 Å². The van der Waals surface area contributed by atoms with Gasteiger partial charge in [0, 0.05) is 33.1 Å². The van der Waals surface area contributed by atoms with Gasteiger partial charge < -0.3 is 12.6 Å². The van der Waals surface area contributed by atoms with E-state index in [1.807, 2.05) is 6.07 Å². The smallest absolute Gasteiger partial charge is 1.00 e. The Morgan fingerprint density at radius 1 is 1.29 bits per heavy atom. The van der Waals surface area contributed by atoms with Crippen LogP contribution in [0.2, 0.25) is 0 Å². The maximum absolute atomic E-state index is 13.7. The molecule has 0 amide bonds. The van der Waals surface area contributed by atoms with Crippen LogP contribution in [0.3, 0.4) is 0 Å². The Morgan fingerprint density at radius 3 is 2.46 bits per heavy atom. The van der Waals surface area contributed by atoms with E-state index in [9.17, 15) is 13.3 Å². The van der Waals surface area contributed by atoms with Crippen molar-refractivity contribution in [2.24, 2.45) is 0 Å². The molecule has 0 bridgehead atoms. The van der Waals surface area contributed by atoms with E-state index < -0.39 is 18.8 Å². The minimum atomic E-state index is -5.57. The average molecular weight is 458 g/mol. The molecular weight excluding hydrogens is 445 g/mol. The molecule has 4 nitrogen and oxygen atoms in total. The molecule has 0 unspecified atom stereocenters. The van der Waals surface area contributed by atoms with E-state index in [-0.39, 0.29) is 66.4 Å². The van der Waals surface area contributed by atoms with Gasteiger partial charge in [0.1, 0.15) is 0 Å². The molecule has 122 valence electrons. The molecule has 1 aromatic heterocycles. The third-order valence-corrected chi connectivity index (χ3v) is 5.44. The summed E-state index contributed by atoms with van der Waals surface area (Å²) < 4.78 is 38.3. The molecule has 0 aliphatic heterocycles. The fraction of sp³-hybridized carbons (Fsp3) is 0.154. The molecule has 2 N–H and O–H groups in total. The van der Waals surface area contributed by atoms with Crippen LogP contribution in [0.1, 0.15) is 14.0 Å². The summed E-state index contributed by atoms with van der Waals surface area (Å²) in [5.74, 6) is 0.520. The van der Waals surface area contributed by atoms with Crippen LogP contribution < -0.4 is 59.1 Å². The van der Waals surface area contributed by atoms with Gasteiger partial charge in [-0.15, -0.1) is 11.8 Å². The quantitative estimate of drug-likeness (QED) is 0.328. The Hall–Kier alpha value is 1.21. The number of hydrogen-bond acceptors (Lipinski definition) is 3. The van der Waals surface area contributed by atoms with Crippen molar-refractivity contribution in [1.29, 1.82) is 0 Å². The van der Waals surface area contributed by atoms with Crippen LogP contribution in [0.4, 0.5) is 8.78 Å². The Bertz CT molecular complexity index is 732. The molecule has 11 heteroatoms. The predicted octanol–water partition coefficient (Wildman–Crippen LogP) is -1.40. The predicted molar refractivity (Wildman–Crippen MR) is 86.1 cm³/mol. The topological polar surface area (TPSA) is 70.4 Å². The van der Waals surface area contributed by atoms with E-state index in [1.54, 1.807) is 18.5 Å².